The Kier molecular flexibility index (Phi) is 4.43. The molecule has 4 heteroatoms. The van der Waals surface area contributed by atoms with Gasteiger partial charge in [0.25, 0.3) is 0 Å². The van der Waals surface area contributed by atoms with Crippen LogP contribution in [0.1, 0.15) is 16.7 Å². The molecule has 1 aliphatic rings. The Labute approximate surface area is 206 Å². The molecule has 0 unspecified atom stereocenters. The van der Waals surface area contributed by atoms with Crippen LogP contribution in [0, 0.1) is 0 Å². The largest absolute Gasteiger partial charge is 0.416 e. The maximum atomic E-state index is 13.1. The normalized spacial score (nSPS) is 12.8. The van der Waals surface area contributed by atoms with Crippen LogP contribution in [0.25, 0.3) is 49.7 Å². The molecule has 7 rings (SSSR count). The summed E-state index contributed by atoms with van der Waals surface area (Å²) in [5.41, 5.74) is 9.55. The molecule has 0 spiro atoms. The van der Waals surface area contributed by atoms with E-state index in [0.29, 0.717) is 5.69 Å². The summed E-state index contributed by atoms with van der Waals surface area (Å²) in [5.74, 6) is 0. The van der Waals surface area contributed by atoms with Crippen molar-refractivity contribution in [2.75, 3.05) is 0 Å². The van der Waals surface area contributed by atoms with Gasteiger partial charge in [-0.25, -0.2) is 0 Å². The number of hydrogen-bond acceptors (Lipinski definition) is 0. The molecule has 0 saturated carbocycles. The van der Waals surface area contributed by atoms with Gasteiger partial charge in [-0.2, -0.15) is 13.2 Å². The maximum Gasteiger partial charge on any atom is 0.416 e. The minimum Gasteiger partial charge on any atom is -0.309 e. The SMILES string of the molecule is FC(F)(F)c1ccc(-n2c3ccccc3c3cc(-c4ccc5c(c4)-c4ccccc4C5)ccc32)cc1. The number of para-hydroxylation sites is 1. The smallest absolute Gasteiger partial charge is 0.309 e. The number of halogens is 3. The fraction of sp³-hybridized carbons (Fsp3) is 0.0625. The topological polar surface area (TPSA) is 4.93 Å². The van der Waals surface area contributed by atoms with Crippen molar-refractivity contribution < 1.29 is 13.2 Å². The Morgan fingerprint density at radius 2 is 1.22 bits per heavy atom. The molecule has 0 aliphatic heterocycles. The fourth-order valence-corrected chi connectivity index (χ4v) is 5.53. The summed E-state index contributed by atoms with van der Waals surface area (Å²) in [6.07, 6.45) is -3.39. The molecule has 36 heavy (non-hydrogen) atoms. The van der Waals surface area contributed by atoms with Crippen LogP contribution in [-0.2, 0) is 12.6 Å². The average Bonchev–Trinajstić information content (AvgIpc) is 3.43. The van der Waals surface area contributed by atoms with Gasteiger partial charge in [0.1, 0.15) is 0 Å². The molecule has 0 N–H and O–H groups in total. The first kappa shape index (κ1) is 21.0. The molecule has 0 fully saturated rings. The number of hydrogen-bond donors (Lipinski definition) is 0. The third-order valence-electron chi connectivity index (χ3n) is 7.26. The second kappa shape index (κ2) is 7.59. The highest BCUT2D eigenvalue weighted by Gasteiger charge is 2.30. The number of benzene rings is 5. The van der Waals surface area contributed by atoms with E-state index in [4.69, 9.17) is 0 Å². The first-order valence-electron chi connectivity index (χ1n) is 11.9. The second-order valence-electron chi connectivity index (χ2n) is 9.33. The van der Waals surface area contributed by atoms with Crippen LogP contribution >= 0.6 is 0 Å². The molecule has 1 aliphatic carbocycles. The molecule has 0 atom stereocenters. The van der Waals surface area contributed by atoms with Crippen molar-refractivity contribution in [1.82, 2.24) is 4.57 Å². The van der Waals surface area contributed by atoms with Crippen LogP contribution < -0.4 is 0 Å². The number of rotatable bonds is 2. The molecule has 0 saturated heterocycles. The van der Waals surface area contributed by atoms with E-state index in [0.717, 1.165) is 51.5 Å². The van der Waals surface area contributed by atoms with Gasteiger partial charge in [-0.05, 0) is 88.3 Å². The maximum absolute atomic E-state index is 13.1. The molecule has 1 nitrogen and oxygen atoms in total. The zero-order valence-electron chi connectivity index (χ0n) is 19.2. The van der Waals surface area contributed by atoms with Crippen LogP contribution in [-0.4, -0.2) is 4.57 Å². The van der Waals surface area contributed by atoms with E-state index >= 15 is 0 Å². The second-order valence-corrected chi connectivity index (χ2v) is 9.33. The molecule has 6 aromatic rings. The lowest BCUT2D eigenvalue weighted by Crippen LogP contribution is -2.05. The van der Waals surface area contributed by atoms with Crippen molar-refractivity contribution in [2.24, 2.45) is 0 Å². The van der Waals surface area contributed by atoms with Crippen molar-refractivity contribution >= 4 is 21.8 Å². The van der Waals surface area contributed by atoms with Crippen LogP contribution in [0.4, 0.5) is 13.2 Å². The third kappa shape index (κ3) is 3.18. The monoisotopic (exact) mass is 475 g/mol. The van der Waals surface area contributed by atoms with Gasteiger partial charge in [-0.15, -0.1) is 0 Å². The zero-order chi connectivity index (χ0) is 24.4. The predicted molar refractivity (Wildman–Crippen MR) is 139 cm³/mol. The van der Waals surface area contributed by atoms with E-state index in [1.165, 1.54) is 22.3 Å². The summed E-state index contributed by atoms with van der Waals surface area (Å²) in [4.78, 5) is 0. The Morgan fingerprint density at radius 3 is 2.06 bits per heavy atom. The van der Waals surface area contributed by atoms with Gasteiger partial charge in [-0.1, -0.05) is 60.7 Å². The average molecular weight is 476 g/mol. The summed E-state index contributed by atoms with van der Waals surface area (Å²) in [6.45, 7) is 0. The Morgan fingerprint density at radius 1 is 0.556 bits per heavy atom. The van der Waals surface area contributed by atoms with Gasteiger partial charge in [0.05, 0.1) is 16.6 Å². The fourth-order valence-electron chi connectivity index (χ4n) is 5.53. The molecule has 0 radical (unpaired) electrons. The van der Waals surface area contributed by atoms with E-state index in [2.05, 4.69) is 66.7 Å². The summed E-state index contributed by atoms with van der Waals surface area (Å²) in [7, 11) is 0. The molecule has 0 bridgehead atoms. The summed E-state index contributed by atoms with van der Waals surface area (Å²) >= 11 is 0. The zero-order valence-corrected chi connectivity index (χ0v) is 19.2. The van der Waals surface area contributed by atoms with Crippen molar-refractivity contribution in [1.29, 1.82) is 0 Å². The Hall–Kier alpha value is -4.31. The van der Waals surface area contributed by atoms with Crippen LogP contribution in [0.2, 0.25) is 0 Å². The predicted octanol–water partition coefficient (Wildman–Crippen LogP) is 9.04. The van der Waals surface area contributed by atoms with Gasteiger partial charge in [-0.3, -0.25) is 0 Å². The minimum absolute atomic E-state index is 0.646. The molecule has 5 aromatic carbocycles. The lowest BCUT2D eigenvalue weighted by Gasteiger charge is -2.11. The van der Waals surface area contributed by atoms with Crippen molar-refractivity contribution in [3.8, 4) is 27.9 Å². The lowest BCUT2D eigenvalue weighted by atomic mass is 9.97. The van der Waals surface area contributed by atoms with Gasteiger partial charge < -0.3 is 4.57 Å². The van der Waals surface area contributed by atoms with Crippen molar-refractivity contribution in [3.63, 3.8) is 0 Å². The highest BCUT2D eigenvalue weighted by Crippen LogP contribution is 2.40. The van der Waals surface area contributed by atoms with Crippen LogP contribution in [0.5, 0.6) is 0 Å². The number of alkyl halides is 3. The quantitative estimate of drug-likeness (QED) is 0.235. The van der Waals surface area contributed by atoms with Gasteiger partial charge in [0.2, 0.25) is 0 Å². The molecule has 174 valence electrons. The number of nitrogens with zero attached hydrogens (tertiary/aromatic N) is 1. The van der Waals surface area contributed by atoms with Gasteiger partial charge >= 0.3 is 6.18 Å². The molecular weight excluding hydrogens is 455 g/mol. The van der Waals surface area contributed by atoms with Crippen molar-refractivity contribution in [2.45, 2.75) is 12.6 Å². The number of fused-ring (bicyclic) bond motifs is 6. The van der Waals surface area contributed by atoms with E-state index in [9.17, 15) is 13.2 Å². The van der Waals surface area contributed by atoms with Crippen molar-refractivity contribution in [3.05, 3.63) is 126 Å². The van der Waals surface area contributed by atoms with Gasteiger partial charge in [0.15, 0.2) is 0 Å². The van der Waals surface area contributed by atoms with E-state index in [1.54, 1.807) is 12.1 Å². The Bertz CT molecular complexity index is 1790. The number of aromatic nitrogens is 1. The molecular formula is C32H20F3N. The van der Waals surface area contributed by atoms with E-state index in [-0.39, 0.29) is 0 Å². The summed E-state index contributed by atoms with van der Waals surface area (Å²) < 4.78 is 41.4. The lowest BCUT2D eigenvalue weighted by molar-refractivity contribution is -0.137. The molecule has 1 heterocycles. The first-order chi connectivity index (χ1) is 17.5. The third-order valence-corrected chi connectivity index (χ3v) is 7.26. The van der Waals surface area contributed by atoms with Crippen LogP contribution in [0.15, 0.2) is 109 Å². The van der Waals surface area contributed by atoms with E-state index < -0.39 is 11.7 Å². The van der Waals surface area contributed by atoms with E-state index in [1.807, 2.05) is 22.8 Å². The minimum atomic E-state index is -4.36. The summed E-state index contributed by atoms with van der Waals surface area (Å²) in [6, 6.07) is 35.0. The molecule has 1 aromatic heterocycles. The standard InChI is InChI=1S/C32H20F3N/c33-32(34,35)24-12-14-25(15-13-24)36-30-8-4-3-7-27(30)29-19-21(11-16-31(29)36)20-9-10-23-17-22-5-1-2-6-26(22)28(23)18-20/h1-16,18-19H,17H2. The summed E-state index contributed by atoms with van der Waals surface area (Å²) in [5, 5.41) is 2.14. The Balaban J connectivity index is 1.39. The highest BCUT2D eigenvalue weighted by atomic mass is 19.4. The first-order valence-corrected chi connectivity index (χ1v) is 11.9. The van der Waals surface area contributed by atoms with Crippen LogP contribution in [0.3, 0.4) is 0 Å². The van der Waals surface area contributed by atoms with Gasteiger partial charge in [0, 0.05) is 16.5 Å². The molecule has 0 amide bonds. The highest BCUT2D eigenvalue weighted by molar-refractivity contribution is 6.10.